The van der Waals surface area contributed by atoms with Gasteiger partial charge in [0.25, 0.3) is 5.56 Å². The monoisotopic (exact) mass is 420 g/mol. The lowest BCUT2D eigenvalue weighted by Crippen LogP contribution is -2.33. The third-order valence-electron chi connectivity index (χ3n) is 4.84. The van der Waals surface area contributed by atoms with Crippen molar-refractivity contribution in [1.29, 1.82) is 0 Å². The number of hydrogen-bond acceptors (Lipinski definition) is 6. The zero-order valence-electron chi connectivity index (χ0n) is 16.7. The van der Waals surface area contributed by atoms with Gasteiger partial charge in [0.05, 0.1) is 24.3 Å². The van der Waals surface area contributed by atoms with Gasteiger partial charge in [-0.25, -0.2) is 9.59 Å². The normalized spacial score (nSPS) is 18.0. The minimum Gasteiger partial charge on any atom is -0.497 e. The molecule has 1 aliphatic heterocycles. The fourth-order valence-corrected chi connectivity index (χ4v) is 3.21. The van der Waals surface area contributed by atoms with Gasteiger partial charge in [0.2, 0.25) is 0 Å². The highest BCUT2D eigenvalue weighted by atomic mass is 16.6. The Morgan fingerprint density at radius 1 is 1.06 bits per heavy atom. The number of nitrogens with zero attached hydrogens (tertiary/aromatic N) is 1. The molecular weight excluding hydrogens is 400 g/mol. The van der Waals surface area contributed by atoms with Gasteiger partial charge in [-0.05, 0) is 29.8 Å². The molecule has 2 aromatic carbocycles. The quantitative estimate of drug-likeness (QED) is 0.615. The maximum absolute atomic E-state index is 12.4. The van der Waals surface area contributed by atoms with Gasteiger partial charge in [0.15, 0.2) is 0 Å². The fraction of sp³-hybridized carbons (Fsp3) is 0.174. The van der Waals surface area contributed by atoms with E-state index in [4.69, 9.17) is 14.2 Å². The van der Waals surface area contributed by atoms with Crippen LogP contribution in [0, 0.1) is 12.8 Å². The Bertz CT molecular complexity index is 1170. The van der Waals surface area contributed by atoms with Gasteiger partial charge in [-0.2, -0.15) is 0 Å². The lowest BCUT2D eigenvalue weighted by Gasteiger charge is -2.16. The molecule has 158 valence electrons. The second-order valence-electron chi connectivity index (χ2n) is 6.85. The van der Waals surface area contributed by atoms with Gasteiger partial charge < -0.3 is 14.2 Å². The van der Waals surface area contributed by atoms with E-state index in [0.717, 1.165) is 0 Å². The van der Waals surface area contributed by atoms with E-state index < -0.39 is 29.6 Å². The molecule has 0 bridgehead atoms. The van der Waals surface area contributed by atoms with Crippen molar-refractivity contribution < 1.29 is 19.0 Å². The molecule has 8 heteroatoms. The lowest BCUT2D eigenvalue weighted by molar-refractivity contribution is -0.0219. The molecule has 1 fully saturated rings. The van der Waals surface area contributed by atoms with Crippen LogP contribution in [0.15, 0.2) is 70.4 Å². The molecule has 0 aliphatic carbocycles. The summed E-state index contributed by atoms with van der Waals surface area (Å²) in [5.41, 5.74) is 0.298. The molecular formula is C23H20N2O6. The standard InChI is InChI=1S/C23H20N2O6/c1-29-17-9-7-15(8-10-17)19-13-25(23(28)24-21(19)26)20-12-11-18(31-20)14-30-22(27)16-5-3-2-4-6-16/h2-13,18,20H,14H2,1H3,(H,24,26,28)/t18-,20-/m1/s1. The summed E-state index contributed by atoms with van der Waals surface area (Å²) >= 11 is 0. The van der Waals surface area contributed by atoms with E-state index in [0.29, 0.717) is 22.4 Å². The molecule has 2 radical (unpaired) electrons. The predicted octanol–water partition coefficient (Wildman–Crippen LogP) is 2.38. The van der Waals surface area contributed by atoms with Gasteiger partial charge in [0, 0.05) is 19.0 Å². The molecule has 2 atom stereocenters. The summed E-state index contributed by atoms with van der Waals surface area (Å²) in [6.45, 7) is 0.00414. The zero-order valence-corrected chi connectivity index (χ0v) is 16.7. The Morgan fingerprint density at radius 2 is 1.81 bits per heavy atom. The number of esters is 1. The number of nitrogens with one attached hydrogen (secondary N) is 1. The summed E-state index contributed by atoms with van der Waals surface area (Å²) in [6, 6.07) is 15.6. The highest BCUT2D eigenvalue weighted by Gasteiger charge is 2.29. The van der Waals surface area contributed by atoms with Crippen LogP contribution in [0.25, 0.3) is 11.1 Å². The Balaban J connectivity index is 1.46. The number of aromatic amines is 1. The van der Waals surface area contributed by atoms with Crippen molar-refractivity contribution in [2.24, 2.45) is 0 Å². The number of carbonyl (C=O) groups is 1. The Labute approximate surface area is 178 Å². The van der Waals surface area contributed by atoms with Crippen LogP contribution in [0.5, 0.6) is 5.75 Å². The summed E-state index contributed by atoms with van der Waals surface area (Å²) in [6.07, 6.45) is 3.60. The average Bonchev–Trinajstić information content (AvgIpc) is 3.27. The highest BCUT2D eigenvalue weighted by molar-refractivity contribution is 5.89. The second kappa shape index (κ2) is 9.01. The van der Waals surface area contributed by atoms with E-state index in [9.17, 15) is 14.4 Å². The van der Waals surface area contributed by atoms with Crippen LogP contribution < -0.4 is 16.0 Å². The minimum absolute atomic E-state index is 0.00414. The first-order chi connectivity index (χ1) is 15.0. The SMILES string of the molecule is COc1ccc(-c2cn([C@H]3[CH][CH][C@H](COC(=O)c4ccccc4)O3)c(=O)[nH]c2=O)cc1. The first kappa shape index (κ1) is 20.6. The fourth-order valence-electron chi connectivity index (χ4n) is 3.21. The molecule has 0 amide bonds. The van der Waals surface area contributed by atoms with Crippen LogP contribution in [-0.4, -0.2) is 35.3 Å². The molecule has 31 heavy (non-hydrogen) atoms. The van der Waals surface area contributed by atoms with Crippen molar-refractivity contribution in [1.82, 2.24) is 9.55 Å². The third-order valence-corrected chi connectivity index (χ3v) is 4.84. The molecule has 2 heterocycles. The molecule has 0 spiro atoms. The van der Waals surface area contributed by atoms with Gasteiger partial charge in [0.1, 0.15) is 18.6 Å². The van der Waals surface area contributed by atoms with Crippen LogP contribution in [0.2, 0.25) is 0 Å². The van der Waals surface area contributed by atoms with Gasteiger partial charge in [-0.1, -0.05) is 30.3 Å². The zero-order chi connectivity index (χ0) is 21.8. The predicted molar refractivity (Wildman–Crippen MR) is 113 cm³/mol. The topological polar surface area (TPSA) is 99.6 Å². The van der Waals surface area contributed by atoms with Crippen molar-refractivity contribution in [3.63, 3.8) is 0 Å². The average molecular weight is 420 g/mol. The summed E-state index contributed by atoms with van der Waals surface area (Å²) < 4.78 is 17.5. The van der Waals surface area contributed by atoms with E-state index in [1.165, 1.54) is 10.8 Å². The number of rotatable bonds is 6. The highest BCUT2D eigenvalue weighted by Crippen LogP contribution is 2.27. The lowest BCUT2D eigenvalue weighted by atomic mass is 10.1. The maximum atomic E-state index is 12.4. The number of benzene rings is 2. The molecule has 1 saturated heterocycles. The molecule has 1 N–H and O–H groups in total. The number of aromatic nitrogens is 2. The van der Waals surface area contributed by atoms with Crippen LogP contribution in [0.1, 0.15) is 16.6 Å². The minimum atomic E-state index is -0.734. The largest absolute Gasteiger partial charge is 0.497 e. The Morgan fingerprint density at radius 3 is 2.52 bits per heavy atom. The Hall–Kier alpha value is -3.65. The number of H-pyrrole nitrogens is 1. The first-order valence-electron chi connectivity index (χ1n) is 9.61. The van der Waals surface area contributed by atoms with Crippen molar-refractivity contribution in [2.45, 2.75) is 12.3 Å². The maximum Gasteiger partial charge on any atom is 0.338 e. The third kappa shape index (κ3) is 4.59. The van der Waals surface area contributed by atoms with Crippen molar-refractivity contribution in [3.8, 4) is 16.9 Å². The van der Waals surface area contributed by atoms with E-state index in [-0.39, 0.29) is 6.61 Å². The van der Waals surface area contributed by atoms with Crippen molar-refractivity contribution in [3.05, 3.63) is 100 Å². The molecule has 0 unspecified atom stereocenters. The Kier molecular flexibility index (Phi) is 5.99. The molecule has 4 rings (SSSR count). The van der Waals surface area contributed by atoms with E-state index >= 15 is 0 Å². The van der Waals surface area contributed by atoms with Crippen LogP contribution >= 0.6 is 0 Å². The number of hydrogen-bond donors (Lipinski definition) is 1. The number of ether oxygens (including phenoxy) is 3. The van der Waals surface area contributed by atoms with Crippen molar-refractivity contribution in [2.75, 3.05) is 13.7 Å². The van der Waals surface area contributed by atoms with Gasteiger partial charge in [-0.3, -0.25) is 14.3 Å². The number of methoxy groups -OCH3 is 1. The van der Waals surface area contributed by atoms with E-state index in [2.05, 4.69) is 4.98 Å². The summed E-state index contributed by atoms with van der Waals surface area (Å²) in [5.74, 6) is 0.201. The molecule has 3 aromatic rings. The first-order valence-corrected chi connectivity index (χ1v) is 9.61. The molecule has 1 aromatic heterocycles. The van der Waals surface area contributed by atoms with Crippen LogP contribution in [0.3, 0.4) is 0 Å². The summed E-state index contributed by atoms with van der Waals surface area (Å²) in [4.78, 5) is 39.1. The smallest absolute Gasteiger partial charge is 0.338 e. The molecule has 1 aliphatic rings. The van der Waals surface area contributed by atoms with E-state index in [1.807, 2.05) is 6.07 Å². The summed E-state index contributed by atoms with van der Waals surface area (Å²) in [5, 5.41) is 0. The van der Waals surface area contributed by atoms with Gasteiger partial charge >= 0.3 is 11.7 Å². The van der Waals surface area contributed by atoms with Gasteiger partial charge in [-0.15, -0.1) is 0 Å². The molecule has 0 saturated carbocycles. The summed E-state index contributed by atoms with van der Waals surface area (Å²) in [7, 11) is 1.55. The van der Waals surface area contributed by atoms with Crippen LogP contribution in [-0.2, 0) is 9.47 Å². The van der Waals surface area contributed by atoms with Crippen molar-refractivity contribution >= 4 is 5.97 Å². The number of carbonyl (C=O) groups excluding carboxylic acids is 1. The van der Waals surface area contributed by atoms with E-state index in [1.54, 1.807) is 68.5 Å². The van der Waals surface area contributed by atoms with Crippen LogP contribution in [0.4, 0.5) is 0 Å². The molecule has 8 nitrogen and oxygen atoms in total. The second-order valence-corrected chi connectivity index (χ2v) is 6.85.